The van der Waals surface area contributed by atoms with Crippen LogP contribution in [0.5, 0.6) is 0 Å². The lowest BCUT2D eigenvalue weighted by atomic mass is 10.2. The van der Waals surface area contributed by atoms with Gasteiger partial charge in [0.25, 0.3) is 5.91 Å². The van der Waals surface area contributed by atoms with E-state index in [1.807, 2.05) is 4.90 Å². The van der Waals surface area contributed by atoms with Crippen molar-refractivity contribution in [3.63, 3.8) is 0 Å². The van der Waals surface area contributed by atoms with Crippen LogP contribution in [0.1, 0.15) is 36.0 Å². The number of thioether (sulfide) groups is 1. The number of benzene rings is 1. The Morgan fingerprint density at radius 3 is 2.70 bits per heavy atom. The van der Waals surface area contributed by atoms with E-state index in [1.54, 1.807) is 24.3 Å². The molecule has 1 N–H and O–H groups in total. The van der Waals surface area contributed by atoms with Crippen molar-refractivity contribution in [2.75, 3.05) is 24.2 Å². The number of amides is 2. The molecule has 156 valence electrons. The molecule has 30 heavy (non-hydrogen) atoms. The zero-order chi connectivity index (χ0) is 20.9. The average molecular weight is 445 g/mol. The Kier molecular flexibility index (Phi) is 6.44. The van der Waals surface area contributed by atoms with Crippen LogP contribution in [-0.2, 0) is 4.79 Å². The standard InChI is InChI=1S/C20H20N4O4S2/c25-16(24-9-5-1-2-6-10-24)12-29-20-23-22-19(30-20)21-17(26)14-11-13-7-3-4-8-15(13)28-18(14)27/h3-4,7-8,11H,1-2,5-6,9-10,12H2,(H,21,22,26). The number of likely N-dealkylation sites (tertiary alicyclic amines) is 1. The average Bonchev–Trinajstić information content (AvgIpc) is 3.01. The zero-order valence-electron chi connectivity index (χ0n) is 16.1. The largest absolute Gasteiger partial charge is 0.422 e. The van der Waals surface area contributed by atoms with Gasteiger partial charge >= 0.3 is 5.63 Å². The number of aromatic nitrogens is 2. The van der Waals surface area contributed by atoms with Gasteiger partial charge < -0.3 is 9.32 Å². The molecule has 0 spiro atoms. The second-order valence-electron chi connectivity index (χ2n) is 6.90. The Labute approximate surface area is 180 Å². The smallest absolute Gasteiger partial charge is 0.349 e. The molecule has 2 amide bonds. The van der Waals surface area contributed by atoms with Crippen molar-refractivity contribution in [2.45, 2.75) is 30.0 Å². The predicted octanol–water partition coefficient (Wildman–Crippen LogP) is 3.39. The SMILES string of the molecule is O=C(Nc1nnc(SCC(=O)N2CCCCCC2)s1)c1cc2ccccc2oc1=O. The van der Waals surface area contributed by atoms with Gasteiger partial charge in [0.05, 0.1) is 5.75 Å². The van der Waals surface area contributed by atoms with Gasteiger partial charge in [-0.3, -0.25) is 14.9 Å². The van der Waals surface area contributed by atoms with Crippen LogP contribution in [-0.4, -0.2) is 45.8 Å². The second-order valence-corrected chi connectivity index (χ2v) is 9.10. The van der Waals surface area contributed by atoms with E-state index in [2.05, 4.69) is 15.5 Å². The molecular weight excluding hydrogens is 424 g/mol. The number of hydrogen-bond donors (Lipinski definition) is 1. The van der Waals surface area contributed by atoms with Crippen molar-refractivity contribution in [1.82, 2.24) is 15.1 Å². The number of carbonyl (C=O) groups is 2. The molecule has 0 aliphatic carbocycles. The minimum atomic E-state index is -0.714. The molecule has 1 aromatic carbocycles. The van der Waals surface area contributed by atoms with E-state index in [-0.39, 0.29) is 22.4 Å². The van der Waals surface area contributed by atoms with Gasteiger partial charge in [-0.25, -0.2) is 4.79 Å². The molecule has 0 bridgehead atoms. The molecule has 8 nitrogen and oxygen atoms in total. The first-order valence-corrected chi connectivity index (χ1v) is 11.5. The van der Waals surface area contributed by atoms with E-state index < -0.39 is 11.5 Å². The molecule has 1 fully saturated rings. The Morgan fingerprint density at radius 1 is 1.13 bits per heavy atom. The van der Waals surface area contributed by atoms with E-state index in [0.717, 1.165) is 37.3 Å². The monoisotopic (exact) mass is 444 g/mol. The molecule has 1 aliphatic rings. The van der Waals surface area contributed by atoms with E-state index >= 15 is 0 Å². The summed E-state index contributed by atoms with van der Waals surface area (Å²) in [5.41, 5.74) is -0.398. The third-order valence-corrected chi connectivity index (χ3v) is 6.75. The van der Waals surface area contributed by atoms with Crippen LogP contribution in [0, 0.1) is 0 Å². The number of anilines is 1. The number of hydrogen-bond acceptors (Lipinski definition) is 8. The highest BCUT2D eigenvalue weighted by Crippen LogP contribution is 2.26. The molecule has 1 aliphatic heterocycles. The second kappa shape index (κ2) is 9.40. The van der Waals surface area contributed by atoms with Gasteiger partial charge in [0.1, 0.15) is 11.1 Å². The topological polar surface area (TPSA) is 105 Å². The molecule has 3 heterocycles. The third kappa shape index (κ3) is 4.88. The molecule has 2 aromatic heterocycles. The summed E-state index contributed by atoms with van der Waals surface area (Å²) in [6.07, 6.45) is 4.44. The molecule has 4 rings (SSSR count). The van der Waals surface area contributed by atoms with Gasteiger partial charge in [-0.15, -0.1) is 10.2 Å². The van der Waals surface area contributed by atoms with Crippen LogP contribution in [0.2, 0.25) is 0 Å². The number of carbonyl (C=O) groups excluding carboxylic acids is 2. The molecule has 0 radical (unpaired) electrons. The minimum Gasteiger partial charge on any atom is -0.422 e. The summed E-state index contributed by atoms with van der Waals surface area (Å²) >= 11 is 2.46. The first kappa shape index (κ1) is 20.5. The minimum absolute atomic E-state index is 0.0939. The highest BCUT2D eigenvalue weighted by molar-refractivity contribution is 8.01. The number of nitrogens with one attached hydrogen (secondary N) is 1. The maximum Gasteiger partial charge on any atom is 0.349 e. The Balaban J connectivity index is 1.37. The lowest BCUT2D eigenvalue weighted by Gasteiger charge is -2.19. The fraction of sp³-hybridized carbons (Fsp3) is 0.350. The van der Waals surface area contributed by atoms with Gasteiger partial charge in [0, 0.05) is 18.5 Å². The van der Waals surface area contributed by atoms with Crippen molar-refractivity contribution in [3.05, 3.63) is 46.3 Å². The van der Waals surface area contributed by atoms with Crippen LogP contribution in [0.3, 0.4) is 0 Å². The van der Waals surface area contributed by atoms with Crippen LogP contribution in [0.15, 0.2) is 43.9 Å². The number of rotatable bonds is 5. The van der Waals surface area contributed by atoms with E-state index in [1.165, 1.54) is 30.7 Å². The van der Waals surface area contributed by atoms with Crippen molar-refractivity contribution in [1.29, 1.82) is 0 Å². The fourth-order valence-corrected chi connectivity index (χ4v) is 4.89. The van der Waals surface area contributed by atoms with Crippen LogP contribution >= 0.6 is 23.1 Å². The maximum atomic E-state index is 12.5. The summed E-state index contributed by atoms with van der Waals surface area (Å²) in [5, 5.41) is 11.5. The van der Waals surface area contributed by atoms with Crippen molar-refractivity contribution in [3.8, 4) is 0 Å². The molecule has 10 heteroatoms. The zero-order valence-corrected chi connectivity index (χ0v) is 17.8. The summed E-state index contributed by atoms with van der Waals surface area (Å²) in [7, 11) is 0. The first-order valence-electron chi connectivity index (χ1n) is 9.68. The highest BCUT2D eigenvalue weighted by Gasteiger charge is 2.18. The summed E-state index contributed by atoms with van der Waals surface area (Å²) in [6, 6.07) is 8.47. The van der Waals surface area contributed by atoms with Gasteiger partial charge in [-0.1, -0.05) is 54.1 Å². The molecule has 0 saturated carbocycles. The molecule has 1 saturated heterocycles. The Morgan fingerprint density at radius 2 is 1.90 bits per heavy atom. The van der Waals surface area contributed by atoms with E-state index in [0.29, 0.717) is 15.3 Å². The lowest BCUT2D eigenvalue weighted by molar-refractivity contribution is -0.128. The van der Waals surface area contributed by atoms with Gasteiger partial charge in [-0.05, 0) is 25.0 Å². The summed E-state index contributed by atoms with van der Waals surface area (Å²) < 4.78 is 5.78. The Hall–Kier alpha value is -2.72. The van der Waals surface area contributed by atoms with Crippen LogP contribution in [0.4, 0.5) is 5.13 Å². The third-order valence-electron chi connectivity index (χ3n) is 4.79. The Bertz CT molecular complexity index is 1120. The van der Waals surface area contributed by atoms with Gasteiger partial charge in [-0.2, -0.15) is 0 Å². The van der Waals surface area contributed by atoms with Crippen molar-refractivity contribution >= 4 is 51.0 Å². The van der Waals surface area contributed by atoms with Crippen molar-refractivity contribution < 1.29 is 14.0 Å². The number of fused-ring (bicyclic) bond motifs is 1. The molecule has 0 unspecified atom stereocenters. The normalized spacial score (nSPS) is 14.5. The predicted molar refractivity (Wildman–Crippen MR) is 116 cm³/mol. The maximum absolute atomic E-state index is 12.5. The van der Waals surface area contributed by atoms with Crippen LogP contribution < -0.4 is 10.9 Å². The number of nitrogens with zero attached hydrogens (tertiary/aromatic N) is 3. The molecule has 0 atom stereocenters. The molecule has 3 aromatic rings. The highest BCUT2D eigenvalue weighted by atomic mass is 32.2. The van der Waals surface area contributed by atoms with Crippen molar-refractivity contribution in [2.24, 2.45) is 0 Å². The summed E-state index contributed by atoms with van der Waals surface area (Å²) in [4.78, 5) is 38.9. The summed E-state index contributed by atoms with van der Waals surface area (Å²) in [6.45, 7) is 1.62. The lowest BCUT2D eigenvalue weighted by Crippen LogP contribution is -2.33. The van der Waals surface area contributed by atoms with Gasteiger partial charge in [0.2, 0.25) is 11.0 Å². The van der Waals surface area contributed by atoms with E-state index in [4.69, 9.17) is 4.42 Å². The van der Waals surface area contributed by atoms with Gasteiger partial charge in [0.15, 0.2) is 4.34 Å². The summed E-state index contributed by atoms with van der Waals surface area (Å²) in [5.74, 6) is -0.226. The molecular formula is C20H20N4O4S2. The van der Waals surface area contributed by atoms with E-state index in [9.17, 15) is 14.4 Å². The number of para-hydroxylation sites is 1. The quantitative estimate of drug-likeness (QED) is 0.365. The van der Waals surface area contributed by atoms with Crippen LogP contribution in [0.25, 0.3) is 11.0 Å². The first-order chi connectivity index (χ1) is 14.6. The fourth-order valence-electron chi connectivity index (χ4n) is 3.24.